The predicted octanol–water partition coefficient (Wildman–Crippen LogP) is 4.87. The zero-order valence-electron chi connectivity index (χ0n) is 49.1. The van der Waals surface area contributed by atoms with E-state index in [2.05, 4.69) is 42.5 Å². The van der Waals surface area contributed by atoms with Gasteiger partial charge >= 0.3 is 12.1 Å². The lowest BCUT2D eigenvalue weighted by Crippen LogP contribution is -2.63. The maximum atomic E-state index is 14.6. The molecule has 0 spiro atoms. The molecule has 4 heterocycles. The van der Waals surface area contributed by atoms with E-state index in [9.17, 15) is 38.4 Å². The first-order chi connectivity index (χ1) is 40.8. The third kappa shape index (κ3) is 16.1. The number of carbonyl (C=O) groups excluding carboxylic acids is 8. The van der Waals surface area contributed by atoms with Gasteiger partial charge in [0.1, 0.15) is 24.2 Å². The zero-order valence-corrected chi connectivity index (χ0v) is 49.1. The second-order valence-corrected chi connectivity index (χ2v) is 22.7. The Morgan fingerprint density at radius 2 is 0.774 bits per heavy atom. The maximum Gasteiger partial charge on any atom is 0.317 e. The summed E-state index contributed by atoms with van der Waals surface area (Å²) in [6.45, 7) is 4.82. The van der Waals surface area contributed by atoms with E-state index in [-0.39, 0.29) is 72.7 Å². The molecule has 4 aromatic rings. The summed E-state index contributed by atoms with van der Waals surface area (Å²) in [7, 11) is 3.31. The number of urea groups is 2. The Morgan fingerprint density at radius 1 is 0.452 bits per heavy atom. The molecule has 4 aromatic carbocycles. The Hall–Kier alpha value is -7.84. The minimum absolute atomic E-state index is 0.0493. The van der Waals surface area contributed by atoms with E-state index < -0.39 is 48.3 Å². The number of nitrogens with one attached hydrogen (secondary N) is 8. The number of unbranched alkanes of at least 4 members (excludes halogenated alkanes) is 5. The molecular weight excluding hydrogens is 1060 g/mol. The predicted molar refractivity (Wildman–Crippen MR) is 321 cm³/mol. The molecule has 84 heavy (non-hydrogen) atoms. The quantitative estimate of drug-likeness (QED) is 0.0469. The number of benzene rings is 4. The maximum absolute atomic E-state index is 14.6. The van der Waals surface area contributed by atoms with Crippen molar-refractivity contribution in [2.75, 3.05) is 53.4 Å². The van der Waals surface area contributed by atoms with Gasteiger partial charge in [0.05, 0.1) is 37.3 Å². The number of likely N-dealkylation sites (N-methyl/N-ethyl adjacent to an activating group) is 2. The fourth-order valence-electron chi connectivity index (χ4n) is 12.1. The number of carbonyl (C=O) groups is 8. The molecule has 4 fully saturated rings. The Morgan fingerprint density at radius 3 is 1.10 bits per heavy atom. The summed E-state index contributed by atoms with van der Waals surface area (Å²) >= 11 is 0. The molecule has 1 unspecified atom stereocenters. The molecule has 4 saturated heterocycles. The summed E-state index contributed by atoms with van der Waals surface area (Å²) in [4.78, 5) is 118. The molecule has 0 saturated carbocycles. The smallest absolute Gasteiger partial charge is 0.317 e. The number of amides is 10. The zero-order chi connectivity index (χ0) is 59.5. The SMILES string of the molecule is CN[C@@H](C)C(=O)N[C@H]1CN(C(=O)NCCCCCCCCNC(=O)N2CC[C@H]3CC[C@@H](C(=O)NC(c4ccccc4)c4ccccc4)N3C(=O)[C@@H](NC(=O)[C@H](C)NC)C2)CC[C@H]2CCC(C(=O)NC(c3ccccc3)c3ccccc3)N2C1=O. The molecule has 0 aromatic heterocycles. The fourth-order valence-corrected chi connectivity index (χ4v) is 12.1. The topological polar surface area (TPSA) is 246 Å². The van der Waals surface area contributed by atoms with Crippen LogP contribution in [0.4, 0.5) is 9.59 Å². The fraction of sp³-hybridized carbons (Fsp3) is 0.500. The Balaban J connectivity index is 0.783. The van der Waals surface area contributed by atoms with Crippen molar-refractivity contribution in [3.8, 4) is 0 Å². The Kier molecular flexibility index (Phi) is 22.7. The van der Waals surface area contributed by atoms with Crippen LogP contribution in [0.5, 0.6) is 0 Å². The van der Waals surface area contributed by atoms with Gasteiger partial charge in [-0.1, -0.05) is 147 Å². The van der Waals surface area contributed by atoms with Crippen LogP contribution in [0.1, 0.15) is 125 Å². The summed E-state index contributed by atoms with van der Waals surface area (Å²) in [5.41, 5.74) is 3.65. The molecule has 4 aliphatic heterocycles. The molecular formula is C64H86N12O8. The van der Waals surface area contributed by atoms with Crippen molar-refractivity contribution < 1.29 is 38.4 Å². The van der Waals surface area contributed by atoms with E-state index in [1.807, 2.05) is 121 Å². The number of hydrogen-bond acceptors (Lipinski definition) is 10. The molecule has 0 aliphatic carbocycles. The molecule has 20 nitrogen and oxygen atoms in total. The Labute approximate surface area is 494 Å². The van der Waals surface area contributed by atoms with Crippen LogP contribution in [0.25, 0.3) is 0 Å². The molecule has 450 valence electrons. The van der Waals surface area contributed by atoms with E-state index >= 15 is 0 Å². The first-order valence-electron chi connectivity index (χ1n) is 30.2. The summed E-state index contributed by atoms with van der Waals surface area (Å²) in [5.74, 6) is -2.09. The standard InChI is InChI=1S/C64H86N12O8/c1-43(65-3)57(77)69-51-41-73(39-35-49-31-33-53(75(49)61(51)81)59(79)71-55(45-23-13-9-14-24-45)46-25-15-10-16-26-46)63(83)67-37-21-7-5-6-8-22-38-68-64(84)74-40-36-50-32-34-54(76(50)62(82)52(42-74)70-58(78)44(2)66-4)60(80)72-56(47-27-17-11-18-28-47)48-29-19-12-20-30-48/h9-20,23-30,43-44,49-56,65-66H,5-8,21-22,31-42H2,1-4H3,(H,67,83)(H,68,84)(H,69,77)(H,70,78)(H,71,79)(H,72,80)/t43-,44-,49+,50+,51-,52-,53-,54?/m0/s1. The minimum atomic E-state index is -1.07. The van der Waals surface area contributed by atoms with Crippen LogP contribution in [0.15, 0.2) is 121 Å². The van der Waals surface area contributed by atoms with Crippen molar-refractivity contribution in [3.05, 3.63) is 144 Å². The third-order valence-electron chi connectivity index (χ3n) is 17.1. The van der Waals surface area contributed by atoms with Gasteiger partial charge in [0, 0.05) is 38.3 Å². The summed E-state index contributed by atoms with van der Waals surface area (Å²) in [6.07, 6.45) is 8.06. The highest BCUT2D eigenvalue weighted by atomic mass is 16.2. The van der Waals surface area contributed by atoms with Crippen molar-refractivity contribution >= 4 is 47.5 Å². The van der Waals surface area contributed by atoms with Gasteiger partial charge in [-0.15, -0.1) is 0 Å². The number of fused-ring (bicyclic) bond motifs is 2. The van der Waals surface area contributed by atoms with Gasteiger partial charge in [0.25, 0.3) is 0 Å². The monoisotopic (exact) mass is 1150 g/mol. The lowest BCUT2D eigenvalue weighted by Gasteiger charge is -2.39. The van der Waals surface area contributed by atoms with Crippen LogP contribution >= 0.6 is 0 Å². The number of rotatable bonds is 23. The van der Waals surface area contributed by atoms with Crippen molar-refractivity contribution in [2.24, 2.45) is 0 Å². The van der Waals surface area contributed by atoms with Crippen LogP contribution in [-0.4, -0.2) is 169 Å². The molecule has 10 amide bonds. The van der Waals surface area contributed by atoms with Gasteiger partial charge < -0.3 is 62.1 Å². The van der Waals surface area contributed by atoms with Crippen LogP contribution < -0.4 is 42.5 Å². The molecule has 20 heteroatoms. The number of hydrogen-bond donors (Lipinski definition) is 8. The molecule has 8 rings (SSSR count). The molecule has 0 bridgehead atoms. The van der Waals surface area contributed by atoms with E-state index in [0.717, 1.165) is 60.8 Å². The highest BCUT2D eigenvalue weighted by molar-refractivity contribution is 5.96. The lowest BCUT2D eigenvalue weighted by atomic mass is 9.98. The van der Waals surface area contributed by atoms with Crippen molar-refractivity contribution in [1.29, 1.82) is 0 Å². The average Bonchev–Trinajstić information content (AvgIpc) is 3.08. The normalized spacial score (nSPS) is 21.5. The highest BCUT2D eigenvalue weighted by Crippen LogP contribution is 2.33. The van der Waals surface area contributed by atoms with Crippen LogP contribution in [0, 0.1) is 0 Å². The van der Waals surface area contributed by atoms with Gasteiger partial charge in [-0.3, -0.25) is 28.8 Å². The summed E-state index contributed by atoms with van der Waals surface area (Å²) in [6, 6.07) is 31.9. The van der Waals surface area contributed by atoms with Crippen LogP contribution in [0.2, 0.25) is 0 Å². The molecule has 4 aliphatic rings. The third-order valence-corrected chi connectivity index (χ3v) is 17.1. The first kappa shape index (κ1) is 62.2. The van der Waals surface area contributed by atoms with Crippen molar-refractivity contribution in [3.63, 3.8) is 0 Å². The Bertz CT molecular complexity index is 2560. The van der Waals surface area contributed by atoms with Gasteiger partial charge in [-0.25, -0.2) is 9.59 Å². The van der Waals surface area contributed by atoms with E-state index in [1.165, 1.54) is 0 Å². The second kappa shape index (κ2) is 30.6. The van der Waals surface area contributed by atoms with Crippen LogP contribution in [-0.2, 0) is 28.8 Å². The number of nitrogens with zero attached hydrogens (tertiary/aromatic N) is 4. The summed E-state index contributed by atoms with van der Waals surface area (Å²) in [5, 5.41) is 24.2. The van der Waals surface area contributed by atoms with Crippen molar-refractivity contribution in [2.45, 2.75) is 151 Å². The minimum Gasteiger partial charge on any atom is -0.343 e. The van der Waals surface area contributed by atoms with Crippen molar-refractivity contribution in [1.82, 2.24) is 62.1 Å². The van der Waals surface area contributed by atoms with Gasteiger partial charge in [-0.05, 0) is 102 Å². The highest BCUT2D eigenvalue weighted by Gasteiger charge is 2.48. The van der Waals surface area contributed by atoms with Gasteiger partial charge in [-0.2, -0.15) is 0 Å². The van der Waals surface area contributed by atoms with E-state index in [4.69, 9.17) is 0 Å². The van der Waals surface area contributed by atoms with E-state index in [1.54, 1.807) is 47.5 Å². The lowest BCUT2D eigenvalue weighted by molar-refractivity contribution is -0.145. The molecule has 0 radical (unpaired) electrons. The van der Waals surface area contributed by atoms with Gasteiger partial charge in [0.2, 0.25) is 35.4 Å². The molecule has 8 N–H and O–H groups in total. The van der Waals surface area contributed by atoms with Gasteiger partial charge in [0.15, 0.2) is 0 Å². The van der Waals surface area contributed by atoms with Crippen LogP contribution in [0.3, 0.4) is 0 Å². The van der Waals surface area contributed by atoms with E-state index in [0.29, 0.717) is 64.7 Å². The molecule has 8 atom stereocenters. The second-order valence-electron chi connectivity index (χ2n) is 22.7. The largest absolute Gasteiger partial charge is 0.343 e. The summed E-state index contributed by atoms with van der Waals surface area (Å²) < 4.78 is 0. The average molecular weight is 1150 g/mol. The first-order valence-corrected chi connectivity index (χ1v) is 30.2.